The summed E-state index contributed by atoms with van der Waals surface area (Å²) in [6.45, 7) is -0.101. The zero-order chi connectivity index (χ0) is 19.2. The first kappa shape index (κ1) is 19.8. The molecule has 1 N–H and O–H groups in total. The minimum Gasteiger partial charge on any atom is -0.325 e. The summed E-state index contributed by atoms with van der Waals surface area (Å²) in [5, 5.41) is 2.78. The summed E-state index contributed by atoms with van der Waals surface area (Å²) in [7, 11) is 0. The van der Waals surface area contributed by atoms with Crippen molar-refractivity contribution in [3.63, 3.8) is 0 Å². The molecule has 0 radical (unpaired) electrons. The number of thioether (sulfide) groups is 1. The molecule has 1 aliphatic heterocycles. The third kappa shape index (κ3) is 5.50. The molecular formula is C20H15IN2O2S2. The number of carbonyl (C=O) groups is 2. The maximum Gasteiger partial charge on any atom is 0.266 e. The van der Waals surface area contributed by atoms with Crippen LogP contribution in [0.5, 0.6) is 0 Å². The van der Waals surface area contributed by atoms with Gasteiger partial charge in [-0.1, -0.05) is 66.5 Å². The second-order valence-electron chi connectivity index (χ2n) is 5.62. The van der Waals surface area contributed by atoms with E-state index in [-0.39, 0.29) is 18.4 Å². The van der Waals surface area contributed by atoms with Crippen LogP contribution in [0.4, 0.5) is 5.69 Å². The van der Waals surface area contributed by atoms with Crippen molar-refractivity contribution in [3.05, 3.63) is 80.8 Å². The maximum atomic E-state index is 12.5. The highest BCUT2D eigenvalue weighted by Crippen LogP contribution is 2.30. The lowest BCUT2D eigenvalue weighted by Gasteiger charge is -2.14. The topological polar surface area (TPSA) is 49.4 Å². The molecule has 0 saturated carbocycles. The SMILES string of the molecule is O=C(CN1C(=O)/C(=C/C=C/c2ccccc2)SC1=S)Nc1ccc(I)cc1. The van der Waals surface area contributed by atoms with E-state index in [4.69, 9.17) is 12.2 Å². The number of thiocarbonyl (C=S) groups is 1. The van der Waals surface area contributed by atoms with E-state index < -0.39 is 0 Å². The van der Waals surface area contributed by atoms with Gasteiger partial charge in [0.25, 0.3) is 5.91 Å². The van der Waals surface area contributed by atoms with Gasteiger partial charge >= 0.3 is 0 Å². The summed E-state index contributed by atoms with van der Waals surface area (Å²) < 4.78 is 1.47. The van der Waals surface area contributed by atoms with Gasteiger partial charge in [-0.2, -0.15) is 0 Å². The van der Waals surface area contributed by atoms with E-state index in [1.165, 1.54) is 16.7 Å². The number of benzene rings is 2. The number of hydrogen-bond donors (Lipinski definition) is 1. The Morgan fingerprint density at radius 1 is 1.15 bits per heavy atom. The van der Waals surface area contributed by atoms with Gasteiger partial charge in [0.15, 0.2) is 0 Å². The summed E-state index contributed by atoms with van der Waals surface area (Å²) in [5.41, 5.74) is 1.73. The van der Waals surface area contributed by atoms with Crippen molar-refractivity contribution >= 4 is 74.5 Å². The van der Waals surface area contributed by atoms with Gasteiger partial charge in [-0.05, 0) is 58.5 Å². The highest BCUT2D eigenvalue weighted by atomic mass is 127. The summed E-state index contributed by atoms with van der Waals surface area (Å²) in [6, 6.07) is 17.2. The first-order valence-electron chi connectivity index (χ1n) is 8.05. The molecule has 1 saturated heterocycles. The zero-order valence-corrected chi connectivity index (χ0v) is 17.9. The van der Waals surface area contributed by atoms with Crippen LogP contribution < -0.4 is 5.32 Å². The van der Waals surface area contributed by atoms with E-state index in [2.05, 4.69) is 27.9 Å². The molecule has 1 aliphatic rings. The van der Waals surface area contributed by atoms with E-state index in [1.54, 1.807) is 6.08 Å². The van der Waals surface area contributed by atoms with Crippen molar-refractivity contribution in [3.8, 4) is 0 Å². The number of hydrogen-bond acceptors (Lipinski definition) is 4. The van der Waals surface area contributed by atoms with Gasteiger partial charge in [-0.3, -0.25) is 14.5 Å². The monoisotopic (exact) mass is 506 g/mol. The van der Waals surface area contributed by atoms with Crippen molar-refractivity contribution in [1.29, 1.82) is 0 Å². The van der Waals surface area contributed by atoms with Crippen LogP contribution in [0.3, 0.4) is 0 Å². The van der Waals surface area contributed by atoms with Crippen LogP contribution in [0.1, 0.15) is 5.56 Å². The Bertz CT molecular complexity index is 925. The summed E-state index contributed by atoms with van der Waals surface area (Å²) in [5.74, 6) is -0.533. The molecule has 0 aliphatic carbocycles. The molecule has 0 spiro atoms. The minimum atomic E-state index is -0.284. The second-order valence-corrected chi connectivity index (χ2v) is 8.54. The molecule has 2 aromatic rings. The molecule has 1 heterocycles. The van der Waals surface area contributed by atoms with Crippen LogP contribution in [0.15, 0.2) is 71.7 Å². The molecule has 136 valence electrons. The third-order valence-electron chi connectivity index (χ3n) is 3.64. The van der Waals surface area contributed by atoms with Crippen LogP contribution in [-0.4, -0.2) is 27.6 Å². The Morgan fingerprint density at radius 2 is 1.85 bits per heavy atom. The molecule has 7 heteroatoms. The predicted molar refractivity (Wildman–Crippen MR) is 123 cm³/mol. The maximum absolute atomic E-state index is 12.5. The molecule has 0 atom stereocenters. The number of amides is 2. The smallest absolute Gasteiger partial charge is 0.266 e. The summed E-state index contributed by atoms with van der Waals surface area (Å²) >= 11 is 8.66. The highest BCUT2D eigenvalue weighted by Gasteiger charge is 2.32. The number of nitrogens with one attached hydrogen (secondary N) is 1. The van der Waals surface area contributed by atoms with Crippen LogP contribution in [-0.2, 0) is 9.59 Å². The van der Waals surface area contributed by atoms with E-state index in [9.17, 15) is 9.59 Å². The average Bonchev–Trinajstić information content (AvgIpc) is 2.92. The Morgan fingerprint density at radius 3 is 2.56 bits per heavy atom. The van der Waals surface area contributed by atoms with Gasteiger partial charge in [0.05, 0.1) is 4.91 Å². The first-order chi connectivity index (χ1) is 13.0. The number of rotatable bonds is 5. The molecule has 2 aromatic carbocycles. The van der Waals surface area contributed by atoms with Gasteiger partial charge in [0.2, 0.25) is 5.91 Å². The molecular weight excluding hydrogens is 491 g/mol. The summed E-state index contributed by atoms with van der Waals surface area (Å²) in [6.07, 6.45) is 5.45. The molecule has 0 aromatic heterocycles. The molecule has 27 heavy (non-hydrogen) atoms. The van der Waals surface area contributed by atoms with Gasteiger partial charge in [0, 0.05) is 9.26 Å². The number of halogens is 1. The Balaban J connectivity index is 1.61. The van der Waals surface area contributed by atoms with Crippen molar-refractivity contribution in [2.45, 2.75) is 0 Å². The fourth-order valence-corrected chi connectivity index (χ4v) is 3.90. The Kier molecular flexibility index (Phi) is 6.81. The minimum absolute atomic E-state index is 0.101. The largest absolute Gasteiger partial charge is 0.325 e. The molecule has 3 rings (SSSR count). The average molecular weight is 506 g/mol. The fourth-order valence-electron chi connectivity index (χ4n) is 2.34. The molecule has 0 unspecified atom stereocenters. The van der Waals surface area contributed by atoms with E-state index in [0.29, 0.717) is 14.9 Å². The lowest BCUT2D eigenvalue weighted by atomic mass is 10.2. The quantitative estimate of drug-likeness (QED) is 0.364. The standard InChI is InChI=1S/C20H15IN2O2S2/c21-15-9-11-16(12-10-15)22-18(24)13-23-19(25)17(27-20(23)26)8-4-7-14-5-2-1-3-6-14/h1-12H,13H2,(H,22,24)/b7-4+,17-8-. The van der Waals surface area contributed by atoms with Crippen LogP contribution >= 0.6 is 46.6 Å². The number of anilines is 1. The van der Waals surface area contributed by atoms with E-state index >= 15 is 0 Å². The lowest BCUT2D eigenvalue weighted by molar-refractivity contribution is -0.126. The van der Waals surface area contributed by atoms with Crippen molar-refractivity contribution < 1.29 is 9.59 Å². The van der Waals surface area contributed by atoms with Crippen molar-refractivity contribution in [2.24, 2.45) is 0 Å². The third-order valence-corrected chi connectivity index (χ3v) is 5.75. The second kappa shape index (κ2) is 9.29. The van der Waals surface area contributed by atoms with E-state index in [0.717, 1.165) is 9.13 Å². The first-order valence-corrected chi connectivity index (χ1v) is 10.4. The summed E-state index contributed by atoms with van der Waals surface area (Å²) in [4.78, 5) is 26.6. The van der Waals surface area contributed by atoms with Crippen LogP contribution in [0.25, 0.3) is 6.08 Å². The number of allylic oxidation sites excluding steroid dienone is 2. The lowest BCUT2D eigenvalue weighted by Crippen LogP contribution is -2.36. The molecule has 2 amide bonds. The fraction of sp³-hybridized carbons (Fsp3) is 0.0500. The highest BCUT2D eigenvalue weighted by molar-refractivity contribution is 14.1. The normalized spacial score (nSPS) is 15.7. The Hall–Kier alpha value is -1.97. The van der Waals surface area contributed by atoms with Gasteiger partial charge in [0.1, 0.15) is 10.9 Å². The zero-order valence-electron chi connectivity index (χ0n) is 14.1. The van der Waals surface area contributed by atoms with Gasteiger partial charge < -0.3 is 5.32 Å². The van der Waals surface area contributed by atoms with Crippen molar-refractivity contribution in [1.82, 2.24) is 4.90 Å². The molecule has 4 nitrogen and oxygen atoms in total. The van der Waals surface area contributed by atoms with Gasteiger partial charge in [-0.25, -0.2) is 0 Å². The van der Waals surface area contributed by atoms with Crippen molar-refractivity contribution in [2.75, 3.05) is 11.9 Å². The predicted octanol–water partition coefficient (Wildman–Crippen LogP) is 4.69. The Labute approximate surface area is 180 Å². The van der Waals surface area contributed by atoms with E-state index in [1.807, 2.05) is 66.7 Å². The molecule has 0 bridgehead atoms. The van der Waals surface area contributed by atoms with Crippen LogP contribution in [0.2, 0.25) is 0 Å². The van der Waals surface area contributed by atoms with Gasteiger partial charge in [-0.15, -0.1) is 0 Å². The van der Waals surface area contributed by atoms with Crippen LogP contribution in [0, 0.1) is 3.57 Å². The molecule has 1 fully saturated rings. The number of carbonyl (C=O) groups excluding carboxylic acids is 2. The number of nitrogens with zero attached hydrogens (tertiary/aromatic N) is 1.